The molecule has 0 aliphatic heterocycles. The summed E-state index contributed by atoms with van der Waals surface area (Å²) in [4.78, 5) is 13.1. The van der Waals surface area contributed by atoms with Crippen molar-refractivity contribution in [3.63, 3.8) is 0 Å². The van der Waals surface area contributed by atoms with E-state index >= 15 is 0 Å². The standard InChI is InChI=1S/C13H19N3O3/c1-10-4-3-5-11(8-10)19-7-6-13(17)16(2)9-12(14)15-18/h3-5,8,18H,6-7,9H2,1-2H3,(H2,14,15). The highest BCUT2D eigenvalue weighted by molar-refractivity contribution is 5.86. The Hall–Kier alpha value is -2.24. The molecule has 6 nitrogen and oxygen atoms in total. The molecular weight excluding hydrogens is 246 g/mol. The Morgan fingerprint density at radius 2 is 2.26 bits per heavy atom. The van der Waals surface area contributed by atoms with Crippen molar-refractivity contribution in [3.8, 4) is 5.75 Å². The van der Waals surface area contributed by atoms with Gasteiger partial charge in [0.1, 0.15) is 5.75 Å². The van der Waals surface area contributed by atoms with Crippen LogP contribution in [0, 0.1) is 6.92 Å². The SMILES string of the molecule is Cc1cccc(OCCC(=O)N(C)CC(N)=NO)c1. The van der Waals surface area contributed by atoms with Gasteiger partial charge in [0, 0.05) is 7.05 Å². The van der Waals surface area contributed by atoms with Crippen molar-refractivity contribution in [2.75, 3.05) is 20.2 Å². The van der Waals surface area contributed by atoms with Crippen LogP contribution >= 0.6 is 0 Å². The fourth-order valence-electron chi connectivity index (χ4n) is 1.51. The quantitative estimate of drug-likeness (QED) is 0.347. The first-order valence-electron chi connectivity index (χ1n) is 5.92. The second kappa shape index (κ2) is 7.25. The molecule has 1 aromatic rings. The summed E-state index contributed by atoms with van der Waals surface area (Å²) in [5, 5.41) is 11.2. The number of amides is 1. The highest BCUT2D eigenvalue weighted by Gasteiger charge is 2.10. The predicted octanol–water partition coefficient (Wildman–Crippen LogP) is 0.969. The first-order chi connectivity index (χ1) is 9.02. The number of benzene rings is 1. The number of likely N-dealkylation sites (N-methyl/N-ethyl adjacent to an activating group) is 1. The minimum atomic E-state index is -0.126. The van der Waals surface area contributed by atoms with E-state index in [1.165, 1.54) is 4.90 Å². The van der Waals surface area contributed by atoms with Gasteiger partial charge in [0.2, 0.25) is 5.91 Å². The van der Waals surface area contributed by atoms with E-state index < -0.39 is 0 Å². The molecule has 0 aromatic heterocycles. The zero-order valence-corrected chi connectivity index (χ0v) is 11.2. The van der Waals surface area contributed by atoms with Gasteiger partial charge in [0.25, 0.3) is 0 Å². The largest absolute Gasteiger partial charge is 0.493 e. The van der Waals surface area contributed by atoms with Crippen molar-refractivity contribution < 1.29 is 14.7 Å². The molecule has 0 fully saturated rings. The van der Waals surface area contributed by atoms with E-state index in [1.807, 2.05) is 31.2 Å². The zero-order chi connectivity index (χ0) is 14.3. The normalized spacial score (nSPS) is 11.2. The van der Waals surface area contributed by atoms with Crippen LogP contribution in [0.4, 0.5) is 0 Å². The van der Waals surface area contributed by atoms with Crippen LogP contribution in [0.2, 0.25) is 0 Å². The molecule has 0 unspecified atom stereocenters. The Morgan fingerprint density at radius 3 is 2.89 bits per heavy atom. The summed E-state index contributed by atoms with van der Waals surface area (Å²) in [6, 6.07) is 7.63. The lowest BCUT2D eigenvalue weighted by atomic mass is 10.2. The Labute approximate surface area is 112 Å². The molecule has 0 spiro atoms. The van der Waals surface area contributed by atoms with Crippen molar-refractivity contribution in [1.82, 2.24) is 4.90 Å². The molecule has 3 N–H and O–H groups in total. The van der Waals surface area contributed by atoms with E-state index in [0.717, 1.165) is 11.3 Å². The summed E-state index contributed by atoms with van der Waals surface area (Å²) in [5.74, 6) is 0.613. The molecule has 0 atom stereocenters. The van der Waals surface area contributed by atoms with Gasteiger partial charge in [-0.1, -0.05) is 17.3 Å². The predicted molar refractivity (Wildman–Crippen MR) is 72.3 cm³/mol. The average molecular weight is 265 g/mol. The summed E-state index contributed by atoms with van der Waals surface area (Å²) in [5.41, 5.74) is 6.43. The molecule has 0 aliphatic carbocycles. The topological polar surface area (TPSA) is 88.2 Å². The molecule has 0 saturated carbocycles. The van der Waals surface area contributed by atoms with E-state index in [4.69, 9.17) is 15.7 Å². The van der Waals surface area contributed by atoms with Crippen molar-refractivity contribution in [3.05, 3.63) is 29.8 Å². The summed E-state index contributed by atoms with van der Waals surface area (Å²) < 4.78 is 5.48. The second-order valence-corrected chi connectivity index (χ2v) is 4.26. The number of ether oxygens (including phenoxy) is 1. The van der Waals surface area contributed by atoms with Gasteiger partial charge in [-0.3, -0.25) is 4.79 Å². The summed E-state index contributed by atoms with van der Waals surface area (Å²) in [6.45, 7) is 2.37. The van der Waals surface area contributed by atoms with E-state index in [2.05, 4.69) is 5.16 Å². The van der Waals surface area contributed by atoms with Crippen molar-refractivity contribution in [1.29, 1.82) is 0 Å². The van der Waals surface area contributed by atoms with Gasteiger partial charge in [-0.2, -0.15) is 0 Å². The van der Waals surface area contributed by atoms with E-state index in [0.29, 0.717) is 6.61 Å². The Bertz CT molecular complexity index is 460. The molecule has 104 valence electrons. The maximum atomic E-state index is 11.7. The van der Waals surface area contributed by atoms with Crippen LogP contribution in [-0.2, 0) is 4.79 Å². The van der Waals surface area contributed by atoms with Gasteiger partial charge >= 0.3 is 0 Å². The maximum Gasteiger partial charge on any atom is 0.226 e. The van der Waals surface area contributed by atoms with Crippen LogP contribution < -0.4 is 10.5 Å². The van der Waals surface area contributed by atoms with Gasteiger partial charge in [-0.05, 0) is 24.6 Å². The Kier molecular flexibility index (Phi) is 5.66. The molecule has 1 rings (SSSR count). The molecule has 0 saturated heterocycles. The second-order valence-electron chi connectivity index (χ2n) is 4.26. The first kappa shape index (κ1) is 14.8. The van der Waals surface area contributed by atoms with Crippen LogP contribution in [0.1, 0.15) is 12.0 Å². The fourth-order valence-corrected chi connectivity index (χ4v) is 1.51. The van der Waals surface area contributed by atoms with E-state index in [1.54, 1.807) is 7.05 Å². The summed E-state index contributed by atoms with van der Waals surface area (Å²) in [7, 11) is 1.59. The molecule has 1 amide bonds. The molecule has 19 heavy (non-hydrogen) atoms. The molecule has 0 aliphatic rings. The van der Waals surface area contributed by atoms with Gasteiger partial charge in [-0.15, -0.1) is 0 Å². The van der Waals surface area contributed by atoms with Crippen molar-refractivity contribution in [2.45, 2.75) is 13.3 Å². The lowest BCUT2D eigenvalue weighted by Gasteiger charge is -2.16. The summed E-state index contributed by atoms with van der Waals surface area (Å²) in [6.07, 6.45) is 0.239. The minimum Gasteiger partial charge on any atom is -0.493 e. The zero-order valence-electron chi connectivity index (χ0n) is 11.2. The number of rotatable bonds is 6. The van der Waals surface area contributed by atoms with Crippen LogP contribution in [-0.4, -0.2) is 42.0 Å². The number of hydrogen-bond donors (Lipinski definition) is 2. The Morgan fingerprint density at radius 1 is 1.53 bits per heavy atom. The highest BCUT2D eigenvalue weighted by atomic mass is 16.5. The van der Waals surface area contributed by atoms with Gasteiger partial charge in [-0.25, -0.2) is 0 Å². The van der Waals surface area contributed by atoms with Crippen LogP contribution in [0.5, 0.6) is 5.75 Å². The third-order valence-corrected chi connectivity index (χ3v) is 2.53. The van der Waals surface area contributed by atoms with E-state index in [-0.39, 0.29) is 24.7 Å². The van der Waals surface area contributed by atoms with Gasteiger partial charge in [0.15, 0.2) is 5.84 Å². The number of amidine groups is 1. The van der Waals surface area contributed by atoms with Gasteiger partial charge in [0.05, 0.1) is 19.6 Å². The number of carbonyl (C=O) groups is 1. The molecule has 0 radical (unpaired) electrons. The fraction of sp³-hybridized carbons (Fsp3) is 0.385. The van der Waals surface area contributed by atoms with Crippen LogP contribution in [0.25, 0.3) is 0 Å². The number of carbonyl (C=O) groups excluding carboxylic acids is 1. The number of aryl methyl sites for hydroxylation is 1. The number of oxime groups is 1. The lowest BCUT2D eigenvalue weighted by Crippen LogP contribution is -2.36. The molecule has 1 aromatic carbocycles. The minimum absolute atomic E-state index is 0.00421. The third-order valence-electron chi connectivity index (χ3n) is 2.53. The lowest BCUT2D eigenvalue weighted by molar-refractivity contribution is -0.129. The monoisotopic (exact) mass is 265 g/mol. The molecule has 0 heterocycles. The number of hydrogen-bond acceptors (Lipinski definition) is 4. The third kappa shape index (κ3) is 5.29. The highest BCUT2D eigenvalue weighted by Crippen LogP contribution is 2.12. The van der Waals surface area contributed by atoms with Crippen molar-refractivity contribution in [2.24, 2.45) is 10.9 Å². The van der Waals surface area contributed by atoms with Crippen LogP contribution in [0.3, 0.4) is 0 Å². The van der Waals surface area contributed by atoms with Crippen molar-refractivity contribution >= 4 is 11.7 Å². The first-order valence-corrected chi connectivity index (χ1v) is 5.92. The molecule has 6 heteroatoms. The Balaban J connectivity index is 2.34. The van der Waals surface area contributed by atoms with Gasteiger partial charge < -0.3 is 20.6 Å². The molecular formula is C13H19N3O3. The maximum absolute atomic E-state index is 11.7. The summed E-state index contributed by atoms with van der Waals surface area (Å²) >= 11 is 0. The average Bonchev–Trinajstić information content (AvgIpc) is 2.38. The van der Waals surface area contributed by atoms with Crippen LogP contribution in [0.15, 0.2) is 29.4 Å². The van der Waals surface area contributed by atoms with E-state index in [9.17, 15) is 4.79 Å². The smallest absolute Gasteiger partial charge is 0.226 e. The number of nitrogens with zero attached hydrogens (tertiary/aromatic N) is 2. The molecule has 0 bridgehead atoms. The number of nitrogens with two attached hydrogens (primary N) is 1.